The lowest BCUT2D eigenvalue weighted by Gasteiger charge is -2.39. The van der Waals surface area contributed by atoms with Crippen molar-refractivity contribution < 1.29 is 56.3 Å². The van der Waals surface area contributed by atoms with Gasteiger partial charge in [-0.1, -0.05) is 55.0 Å². The highest BCUT2D eigenvalue weighted by Crippen LogP contribution is 2.44. The molecule has 92 heavy (non-hydrogen) atoms. The zero-order valence-corrected chi connectivity index (χ0v) is 52.9. The van der Waals surface area contributed by atoms with Crippen molar-refractivity contribution in [3.05, 3.63) is 152 Å². The molecule has 3 fully saturated rings. The number of likely N-dealkylation sites (tertiary alicyclic amines) is 1. The number of sulfonamides is 1. The van der Waals surface area contributed by atoms with Crippen LogP contribution in [0.5, 0.6) is 11.5 Å². The number of aromatic amines is 1. The van der Waals surface area contributed by atoms with E-state index in [9.17, 15) is 42.5 Å². The lowest BCUT2D eigenvalue weighted by molar-refractivity contribution is -0.384. The van der Waals surface area contributed by atoms with E-state index in [-0.39, 0.29) is 58.9 Å². The summed E-state index contributed by atoms with van der Waals surface area (Å²) in [6.07, 6.45) is 8.18. The summed E-state index contributed by atoms with van der Waals surface area (Å²) in [4.78, 5) is 90.8. The molecule has 6 heterocycles. The summed E-state index contributed by atoms with van der Waals surface area (Å²) < 4.78 is 53.4. The monoisotopic (exact) mass is 1290 g/mol. The van der Waals surface area contributed by atoms with Gasteiger partial charge in [0.1, 0.15) is 35.5 Å². The van der Waals surface area contributed by atoms with Crippen molar-refractivity contribution in [2.75, 3.05) is 109 Å². The molecule has 5 aliphatic rings. The molecule has 6 aromatic rings. The predicted molar refractivity (Wildman–Crippen MR) is 345 cm³/mol. The van der Waals surface area contributed by atoms with Crippen LogP contribution in [-0.4, -0.2) is 172 Å². The average Bonchev–Trinajstić information content (AvgIpc) is 1.67. The minimum atomic E-state index is -4.64. The number of amides is 5. The largest absolute Gasteiger partial charge is 0.455 e. The number of nitro groups is 1. The topological polar surface area (TPSA) is 277 Å². The molecule has 2 aromatic heterocycles. The van der Waals surface area contributed by atoms with Gasteiger partial charge in [-0.05, 0) is 141 Å². The molecule has 3 saturated heterocycles. The van der Waals surface area contributed by atoms with Crippen LogP contribution in [0.3, 0.4) is 0 Å². The lowest BCUT2D eigenvalue weighted by atomic mass is 9.72. The molecule has 25 heteroatoms. The molecule has 23 nitrogen and oxygen atoms in total. The van der Waals surface area contributed by atoms with Gasteiger partial charge in [-0.15, -0.1) is 0 Å². The van der Waals surface area contributed by atoms with E-state index >= 15 is 0 Å². The highest BCUT2D eigenvalue weighted by molar-refractivity contribution is 7.90. The first-order valence-corrected chi connectivity index (χ1v) is 32.8. The molecule has 0 saturated carbocycles. The summed E-state index contributed by atoms with van der Waals surface area (Å²) in [6.45, 7) is 13.3. The van der Waals surface area contributed by atoms with Gasteiger partial charge in [-0.3, -0.25) is 49.2 Å². The molecule has 11 rings (SSSR count). The van der Waals surface area contributed by atoms with Crippen molar-refractivity contribution in [3.8, 4) is 23.3 Å². The molecular formula is C67H73ClN10O13S. The number of H-pyrrole nitrogens is 1. The maximum Gasteiger partial charge on any atom is 0.293 e. The van der Waals surface area contributed by atoms with Gasteiger partial charge in [0.15, 0.2) is 0 Å². The molecule has 4 N–H and O–H groups in total. The number of anilines is 2. The van der Waals surface area contributed by atoms with Gasteiger partial charge in [0, 0.05) is 92.2 Å². The third-order valence-electron chi connectivity index (χ3n) is 17.5. The Hall–Kier alpha value is -8.54. The molecule has 1 aliphatic carbocycles. The fraction of sp³-hybridized carbons (Fsp3) is 0.403. The van der Waals surface area contributed by atoms with E-state index in [2.05, 4.69) is 77.8 Å². The van der Waals surface area contributed by atoms with E-state index in [1.807, 2.05) is 18.2 Å². The van der Waals surface area contributed by atoms with Crippen molar-refractivity contribution in [2.45, 2.75) is 69.7 Å². The molecular weight excluding hydrogens is 1220 g/mol. The number of fused-ring (bicyclic) bond motifs is 2. The Kier molecular flexibility index (Phi) is 20.5. The molecule has 482 valence electrons. The van der Waals surface area contributed by atoms with Crippen molar-refractivity contribution in [2.24, 2.45) is 11.3 Å². The Morgan fingerprint density at radius 1 is 0.826 bits per heavy atom. The number of piperazine rings is 1. The molecule has 4 aliphatic heterocycles. The molecule has 5 amide bonds. The second-order valence-corrected chi connectivity index (χ2v) is 26.5. The zero-order valence-electron chi connectivity index (χ0n) is 51.3. The van der Waals surface area contributed by atoms with Crippen LogP contribution in [0, 0.1) is 33.3 Å². The number of piperidine rings is 2. The maximum absolute atomic E-state index is 14.2. The number of halogens is 1. The number of rotatable bonds is 24. The number of hydrogen-bond donors (Lipinski definition) is 4. The summed E-state index contributed by atoms with van der Waals surface area (Å²) in [6, 6.07) is 23.9. The smallest absolute Gasteiger partial charge is 0.293 e. The fourth-order valence-corrected chi connectivity index (χ4v) is 13.4. The summed E-state index contributed by atoms with van der Waals surface area (Å²) in [5.74, 6) is 3.18. The van der Waals surface area contributed by atoms with Crippen LogP contribution in [0.2, 0.25) is 5.02 Å². The SMILES string of the molecule is CC1(C)CCC(CN2CCN(c3ccc(C(=O)NS(=O)(=O)c4ccc(NCC5CCN(CCOCCOCCOCC#Cc6ccc7c(c6)C(=O)N(C6CCC(=O)NC6=O)C7=O)CC5)c([N+](=O)[O-])c4)c(Oc4cnc5[nH]ccc5c4)c3)CC2)=C(c2ccc(Cl)cc2)C1. The molecule has 0 bridgehead atoms. The number of hydrogen-bond acceptors (Lipinski definition) is 18. The minimum Gasteiger partial charge on any atom is -0.455 e. The minimum absolute atomic E-state index is 0.0394. The summed E-state index contributed by atoms with van der Waals surface area (Å²) in [7, 11) is -4.64. The summed E-state index contributed by atoms with van der Waals surface area (Å²) in [5, 5.41) is 19.3. The van der Waals surface area contributed by atoms with Gasteiger partial charge in [-0.25, -0.2) is 18.1 Å². The first-order valence-electron chi connectivity index (χ1n) is 30.9. The highest BCUT2D eigenvalue weighted by atomic mass is 35.5. The third kappa shape index (κ3) is 15.8. The number of ether oxygens (including phenoxy) is 4. The van der Waals surface area contributed by atoms with Crippen LogP contribution in [0.25, 0.3) is 16.6 Å². The Morgan fingerprint density at radius 3 is 2.34 bits per heavy atom. The standard InChI is InChI=1S/C67H73ClN10O13S/c1-67(2)21-17-48(56(40-67)46-6-8-49(68)9-7-46)43-75-25-27-76(28-26-75)50-10-13-54(60(38-50)91-51-37-47-18-22-69-62(47)71-42-51)63(80)73-92(86,87)52-11-14-57(59(39-52)78(84)85)70-41-45-19-23-74(24-20-45)29-31-89-33-35-90-34-32-88-30-3-4-44-5-12-53-55(36-44)66(83)77(65(53)82)58-15-16-61(79)72-64(58)81/h5-14,18,22,36-39,42,45,58,70H,15-17,19-21,23-35,40-41,43H2,1-2H3,(H,69,71)(H,73,80)(H,72,79,81). The van der Waals surface area contributed by atoms with E-state index in [0.717, 1.165) is 93.4 Å². The number of carbonyl (C=O) groups excluding carboxylic acids is 5. The number of imide groups is 2. The normalized spacial score (nSPS) is 18.2. The molecule has 1 unspecified atom stereocenters. The van der Waals surface area contributed by atoms with Crippen molar-refractivity contribution in [3.63, 3.8) is 0 Å². The Bertz CT molecular complexity index is 4000. The van der Waals surface area contributed by atoms with Gasteiger partial charge >= 0.3 is 0 Å². The first-order chi connectivity index (χ1) is 44.3. The Morgan fingerprint density at radius 2 is 1.58 bits per heavy atom. The van der Waals surface area contributed by atoms with E-state index in [1.165, 1.54) is 53.2 Å². The van der Waals surface area contributed by atoms with Gasteiger partial charge in [0.05, 0.1) is 65.7 Å². The van der Waals surface area contributed by atoms with Crippen LogP contribution in [0.1, 0.15) is 101 Å². The molecule has 0 radical (unpaired) electrons. The van der Waals surface area contributed by atoms with Gasteiger partial charge in [0.25, 0.3) is 33.4 Å². The average molecular weight is 1290 g/mol. The highest BCUT2D eigenvalue weighted by Gasteiger charge is 2.45. The second kappa shape index (κ2) is 29.0. The van der Waals surface area contributed by atoms with Crippen molar-refractivity contribution in [1.82, 2.24) is 34.7 Å². The van der Waals surface area contributed by atoms with Crippen LogP contribution in [0.15, 0.2) is 114 Å². The number of nitrogens with zero attached hydrogens (tertiary/aromatic N) is 6. The van der Waals surface area contributed by atoms with Crippen molar-refractivity contribution in [1.29, 1.82) is 0 Å². The molecule has 0 spiro atoms. The van der Waals surface area contributed by atoms with Gasteiger partial charge in [0.2, 0.25) is 11.8 Å². The number of aromatic nitrogens is 2. The summed E-state index contributed by atoms with van der Waals surface area (Å²) in [5.41, 5.74) is 6.18. The maximum atomic E-state index is 14.2. The molecule has 4 aromatic carbocycles. The number of nitrogens with one attached hydrogen (secondary N) is 4. The number of pyridine rings is 1. The van der Waals surface area contributed by atoms with Crippen molar-refractivity contribution >= 4 is 84.8 Å². The lowest BCUT2D eigenvalue weighted by Crippen LogP contribution is -2.54. The van der Waals surface area contributed by atoms with Crippen LogP contribution < -0.4 is 25.0 Å². The fourth-order valence-electron chi connectivity index (χ4n) is 12.3. The Balaban J connectivity index is 0.611. The predicted octanol–water partition coefficient (Wildman–Crippen LogP) is 8.45. The van der Waals surface area contributed by atoms with Gasteiger partial charge in [-0.2, -0.15) is 0 Å². The number of allylic oxidation sites excluding steroid dienone is 1. The van der Waals surface area contributed by atoms with Gasteiger partial charge < -0.3 is 39.0 Å². The second-order valence-electron chi connectivity index (χ2n) is 24.4. The quantitative estimate of drug-likeness (QED) is 0.0145. The Labute approximate surface area is 538 Å². The van der Waals surface area contributed by atoms with E-state index in [1.54, 1.807) is 30.5 Å². The summed E-state index contributed by atoms with van der Waals surface area (Å²) >= 11 is 6.27. The number of carbonyl (C=O) groups is 5. The number of benzene rings is 4. The van der Waals surface area contributed by atoms with Crippen LogP contribution in [-0.2, 0) is 33.8 Å². The third-order valence-corrected chi connectivity index (χ3v) is 19.1. The van der Waals surface area contributed by atoms with E-state index in [4.69, 9.17) is 30.5 Å². The van der Waals surface area contributed by atoms with Crippen LogP contribution in [0.4, 0.5) is 17.1 Å². The number of nitro benzene ring substituents is 1. The van der Waals surface area contributed by atoms with Crippen LogP contribution >= 0.6 is 11.6 Å². The van der Waals surface area contributed by atoms with E-state index in [0.29, 0.717) is 74.7 Å². The zero-order chi connectivity index (χ0) is 64.5. The first kappa shape index (κ1) is 65.0. The molecule has 1 atom stereocenters. The van der Waals surface area contributed by atoms with E-state index < -0.39 is 61.1 Å².